The number of ether oxygens (including phenoxy) is 1. The van der Waals surface area contributed by atoms with Crippen LogP contribution in [-0.2, 0) is 0 Å². The molecule has 1 aliphatic heterocycles. The smallest absolute Gasteiger partial charge is 0.270 e. The number of amides is 1. The number of methoxy groups -OCH3 is 1. The number of carbonyl (C=O) groups is 1. The third kappa shape index (κ3) is 1.93. The van der Waals surface area contributed by atoms with Crippen molar-refractivity contribution in [3.8, 4) is 5.75 Å². The first kappa shape index (κ1) is 13.7. The molecule has 1 aromatic carbocycles. The molecule has 0 radical (unpaired) electrons. The molecular formula is C18H22N2O2. The van der Waals surface area contributed by atoms with Crippen molar-refractivity contribution in [2.24, 2.45) is 5.41 Å². The molecule has 22 heavy (non-hydrogen) atoms. The Morgan fingerprint density at radius 3 is 2.73 bits per heavy atom. The van der Waals surface area contributed by atoms with Gasteiger partial charge in [-0.1, -0.05) is 6.07 Å². The largest absolute Gasteiger partial charge is 0.496 e. The molecule has 1 aliphatic carbocycles. The lowest BCUT2D eigenvalue weighted by molar-refractivity contribution is 0.0643. The Hall–Kier alpha value is -1.97. The van der Waals surface area contributed by atoms with Gasteiger partial charge in [0.2, 0.25) is 0 Å². The number of hydrogen-bond donors (Lipinski definition) is 1. The van der Waals surface area contributed by atoms with E-state index in [1.54, 1.807) is 7.11 Å². The Labute approximate surface area is 130 Å². The Bertz CT molecular complexity index is 756. The van der Waals surface area contributed by atoms with Crippen LogP contribution in [0.1, 0.15) is 43.6 Å². The van der Waals surface area contributed by atoms with Gasteiger partial charge in [-0.05, 0) is 56.7 Å². The minimum Gasteiger partial charge on any atom is -0.496 e. The van der Waals surface area contributed by atoms with Crippen molar-refractivity contribution in [1.82, 2.24) is 9.88 Å². The zero-order valence-electron chi connectivity index (χ0n) is 13.4. The van der Waals surface area contributed by atoms with Gasteiger partial charge in [0.05, 0.1) is 7.11 Å². The second-order valence-electron chi connectivity index (χ2n) is 7.49. The third-order valence-corrected chi connectivity index (χ3v) is 5.31. The summed E-state index contributed by atoms with van der Waals surface area (Å²) in [5, 5.41) is 0.964. The van der Waals surface area contributed by atoms with Gasteiger partial charge in [-0.15, -0.1) is 0 Å². The Kier molecular flexibility index (Phi) is 2.66. The normalized spacial score (nSPS) is 21.5. The first-order valence-electron chi connectivity index (χ1n) is 7.92. The van der Waals surface area contributed by atoms with Gasteiger partial charge in [-0.25, -0.2) is 0 Å². The van der Waals surface area contributed by atoms with E-state index in [4.69, 9.17) is 4.74 Å². The predicted molar refractivity (Wildman–Crippen MR) is 86.3 cm³/mol. The summed E-state index contributed by atoms with van der Waals surface area (Å²) in [4.78, 5) is 18.3. The monoisotopic (exact) mass is 298 g/mol. The molecule has 4 nitrogen and oxygen atoms in total. The molecule has 2 heterocycles. The minimum atomic E-state index is -0.0606. The number of rotatable bonds is 2. The molecule has 1 saturated carbocycles. The summed E-state index contributed by atoms with van der Waals surface area (Å²) in [6, 6.07) is 7.75. The van der Waals surface area contributed by atoms with Gasteiger partial charge in [0.1, 0.15) is 11.4 Å². The number of aromatic amines is 1. The van der Waals surface area contributed by atoms with Gasteiger partial charge < -0.3 is 14.6 Å². The molecule has 2 fully saturated rings. The molecule has 1 amide bonds. The van der Waals surface area contributed by atoms with Crippen LogP contribution in [-0.4, -0.2) is 35.0 Å². The van der Waals surface area contributed by atoms with Crippen molar-refractivity contribution in [2.75, 3.05) is 13.7 Å². The highest BCUT2D eigenvalue weighted by atomic mass is 16.5. The fraction of sp³-hybridized carbons (Fsp3) is 0.500. The van der Waals surface area contributed by atoms with Gasteiger partial charge in [-0.3, -0.25) is 4.79 Å². The summed E-state index contributed by atoms with van der Waals surface area (Å²) in [5.41, 5.74) is 1.95. The zero-order chi connectivity index (χ0) is 15.5. The SMILES string of the molecule is COc1cccc2[nH]c(C(=O)N3CC4(CC4)CC3(C)C)cc12. The lowest BCUT2D eigenvalue weighted by atomic mass is 9.94. The van der Waals surface area contributed by atoms with E-state index in [1.165, 1.54) is 12.8 Å². The molecule has 4 heteroatoms. The summed E-state index contributed by atoms with van der Waals surface area (Å²) in [5.74, 6) is 0.902. The summed E-state index contributed by atoms with van der Waals surface area (Å²) in [7, 11) is 1.66. The average Bonchev–Trinajstić information content (AvgIpc) is 2.97. The van der Waals surface area contributed by atoms with Crippen LogP contribution >= 0.6 is 0 Å². The predicted octanol–water partition coefficient (Wildman–Crippen LogP) is 3.58. The molecule has 2 aliphatic rings. The number of benzene rings is 1. The standard InChI is InChI=1S/C18H22N2O2/c1-17(2)10-18(7-8-18)11-20(17)16(21)14-9-12-13(19-14)5-4-6-15(12)22-3/h4-6,9,19H,7-8,10-11H2,1-3H3. The molecule has 2 aromatic rings. The molecule has 1 N–H and O–H groups in total. The molecule has 1 aromatic heterocycles. The second-order valence-corrected chi connectivity index (χ2v) is 7.49. The fourth-order valence-corrected chi connectivity index (χ4v) is 4.04. The molecule has 116 valence electrons. The molecular weight excluding hydrogens is 276 g/mol. The molecule has 0 unspecified atom stereocenters. The minimum absolute atomic E-state index is 0.0606. The highest BCUT2D eigenvalue weighted by molar-refractivity contribution is 6.00. The Balaban J connectivity index is 1.71. The van der Waals surface area contributed by atoms with Crippen LogP contribution in [0.15, 0.2) is 24.3 Å². The quantitative estimate of drug-likeness (QED) is 0.921. The van der Waals surface area contributed by atoms with E-state index < -0.39 is 0 Å². The van der Waals surface area contributed by atoms with Crippen molar-refractivity contribution in [2.45, 2.75) is 38.6 Å². The molecule has 0 atom stereocenters. The third-order valence-electron chi connectivity index (χ3n) is 5.31. The van der Waals surface area contributed by atoms with E-state index in [0.29, 0.717) is 11.1 Å². The van der Waals surface area contributed by atoms with E-state index in [9.17, 15) is 4.79 Å². The molecule has 0 bridgehead atoms. The van der Waals surface area contributed by atoms with Crippen LogP contribution < -0.4 is 4.74 Å². The Morgan fingerprint density at radius 1 is 1.32 bits per heavy atom. The number of nitrogens with zero attached hydrogens (tertiary/aromatic N) is 1. The van der Waals surface area contributed by atoms with Gasteiger partial charge in [-0.2, -0.15) is 0 Å². The summed E-state index contributed by atoms with van der Waals surface area (Å²) in [6.07, 6.45) is 3.65. The molecule has 4 rings (SSSR count). The van der Waals surface area contributed by atoms with Crippen LogP contribution in [0.4, 0.5) is 0 Å². The lowest BCUT2D eigenvalue weighted by Gasteiger charge is -2.31. The maximum atomic E-state index is 13.0. The van der Waals surface area contributed by atoms with Crippen LogP contribution in [0.25, 0.3) is 10.9 Å². The number of fused-ring (bicyclic) bond motifs is 1. The van der Waals surface area contributed by atoms with Crippen LogP contribution in [0.2, 0.25) is 0 Å². The highest BCUT2D eigenvalue weighted by Crippen LogP contribution is 2.58. The topological polar surface area (TPSA) is 45.3 Å². The number of hydrogen-bond acceptors (Lipinski definition) is 2. The van der Waals surface area contributed by atoms with Crippen LogP contribution in [0.5, 0.6) is 5.75 Å². The number of nitrogens with one attached hydrogen (secondary N) is 1. The van der Waals surface area contributed by atoms with E-state index in [2.05, 4.69) is 23.7 Å². The number of carbonyl (C=O) groups excluding carboxylic acids is 1. The first-order valence-corrected chi connectivity index (χ1v) is 7.92. The van der Waals surface area contributed by atoms with Gasteiger partial charge in [0.15, 0.2) is 0 Å². The maximum Gasteiger partial charge on any atom is 0.270 e. The zero-order valence-corrected chi connectivity index (χ0v) is 13.4. The van der Waals surface area contributed by atoms with Crippen molar-refractivity contribution < 1.29 is 9.53 Å². The summed E-state index contributed by atoms with van der Waals surface area (Å²) in [6.45, 7) is 5.26. The summed E-state index contributed by atoms with van der Waals surface area (Å²) < 4.78 is 5.39. The summed E-state index contributed by atoms with van der Waals surface area (Å²) >= 11 is 0. The average molecular weight is 298 g/mol. The lowest BCUT2D eigenvalue weighted by Crippen LogP contribution is -2.42. The number of H-pyrrole nitrogens is 1. The maximum absolute atomic E-state index is 13.0. The first-order chi connectivity index (χ1) is 10.4. The van der Waals surface area contributed by atoms with Gasteiger partial charge in [0, 0.05) is 23.0 Å². The van der Waals surface area contributed by atoms with E-state index in [0.717, 1.165) is 29.6 Å². The van der Waals surface area contributed by atoms with Crippen molar-refractivity contribution in [3.05, 3.63) is 30.0 Å². The van der Waals surface area contributed by atoms with Gasteiger partial charge in [0.25, 0.3) is 5.91 Å². The highest BCUT2D eigenvalue weighted by Gasteiger charge is 2.56. The fourth-order valence-electron chi connectivity index (χ4n) is 4.04. The number of likely N-dealkylation sites (tertiary alicyclic amines) is 1. The van der Waals surface area contributed by atoms with E-state index in [1.807, 2.05) is 24.3 Å². The van der Waals surface area contributed by atoms with E-state index >= 15 is 0 Å². The Morgan fingerprint density at radius 2 is 2.09 bits per heavy atom. The van der Waals surface area contributed by atoms with Crippen molar-refractivity contribution in [1.29, 1.82) is 0 Å². The van der Waals surface area contributed by atoms with Crippen LogP contribution in [0, 0.1) is 5.41 Å². The van der Waals surface area contributed by atoms with Crippen molar-refractivity contribution >= 4 is 16.8 Å². The second kappa shape index (κ2) is 4.28. The van der Waals surface area contributed by atoms with E-state index in [-0.39, 0.29) is 11.4 Å². The molecule has 1 spiro atoms. The van der Waals surface area contributed by atoms with Crippen LogP contribution in [0.3, 0.4) is 0 Å². The van der Waals surface area contributed by atoms with Crippen molar-refractivity contribution in [3.63, 3.8) is 0 Å². The van der Waals surface area contributed by atoms with Gasteiger partial charge >= 0.3 is 0 Å². The number of aromatic nitrogens is 1. The molecule has 1 saturated heterocycles.